The standard InChI is InChI=1S/C17H17NO4/c1-21-16(19)17(20,15-10-6-3-7-11-15)13-22-18-12-14-8-4-2-5-9-14/h2-12,20H,13H2,1H3. The summed E-state index contributed by atoms with van der Waals surface area (Å²) in [6, 6.07) is 17.8. The van der Waals surface area contributed by atoms with E-state index >= 15 is 0 Å². The van der Waals surface area contributed by atoms with E-state index in [1.807, 2.05) is 30.3 Å². The highest BCUT2D eigenvalue weighted by Gasteiger charge is 2.40. The van der Waals surface area contributed by atoms with Crippen LogP contribution in [0.5, 0.6) is 0 Å². The van der Waals surface area contributed by atoms with Crippen molar-refractivity contribution >= 4 is 12.2 Å². The largest absolute Gasteiger partial charge is 0.467 e. The molecule has 1 atom stereocenters. The van der Waals surface area contributed by atoms with Gasteiger partial charge in [-0.3, -0.25) is 0 Å². The van der Waals surface area contributed by atoms with Crippen LogP contribution in [0.3, 0.4) is 0 Å². The lowest BCUT2D eigenvalue weighted by Crippen LogP contribution is -2.40. The number of carbonyl (C=O) groups excluding carboxylic acids is 1. The van der Waals surface area contributed by atoms with Crippen molar-refractivity contribution in [3.8, 4) is 0 Å². The van der Waals surface area contributed by atoms with Crippen LogP contribution in [-0.2, 0) is 20.0 Å². The van der Waals surface area contributed by atoms with E-state index in [1.165, 1.54) is 13.3 Å². The first-order valence-electron chi connectivity index (χ1n) is 6.73. The SMILES string of the molecule is COC(=O)C(O)(CON=Cc1ccccc1)c1ccccc1. The van der Waals surface area contributed by atoms with Crippen molar-refractivity contribution in [3.05, 3.63) is 71.8 Å². The number of rotatable bonds is 6. The Morgan fingerprint density at radius 1 is 1.14 bits per heavy atom. The van der Waals surface area contributed by atoms with Crippen LogP contribution in [0.4, 0.5) is 0 Å². The van der Waals surface area contributed by atoms with Gasteiger partial charge in [-0.15, -0.1) is 0 Å². The summed E-state index contributed by atoms with van der Waals surface area (Å²) < 4.78 is 4.66. The minimum atomic E-state index is -1.90. The van der Waals surface area contributed by atoms with E-state index < -0.39 is 11.6 Å². The highest BCUT2D eigenvalue weighted by atomic mass is 16.6. The molecule has 0 saturated heterocycles. The average molecular weight is 299 g/mol. The summed E-state index contributed by atoms with van der Waals surface area (Å²) in [6.45, 7) is -0.340. The van der Waals surface area contributed by atoms with Crippen LogP contribution in [0, 0.1) is 0 Å². The van der Waals surface area contributed by atoms with Gasteiger partial charge in [0.1, 0.15) is 0 Å². The summed E-state index contributed by atoms with van der Waals surface area (Å²) in [6.07, 6.45) is 1.50. The van der Waals surface area contributed by atoms with Crippen molar-refractivity contribution in [2.45, 2.75) is 5.60 Å². The van der Waals surface area contributed by atoms with Gasteiger partial charge in [0.2, 0.25) is 5.60 Å². The maximum Gasteiger partial charge on any atom is 0.346 e. The number of hydrogen-bond donors (Lipinski definition) is 1. The molecule has 0 fully saturated rings. The molecule has 2 aromatic carbocycles. The predicted molar refractivity (Wildman–Crippen MR) is 82.3 cm³/mol. The number of benzene rings is 2. The van der Waals surface area contributed by atoms with Gasteiger partial charge in [-0.25, -0.2) is 4.79 Å². The Morgan fingerprint density at radius 2 is 1.73 bits per heavy atom. The molecule has 0 spiro atoms. The van der Waals surface area contributed by atoms with Crippen LogP contribution in [0.1, 0.15) is 11.1 Å². The second-order valence-electron chi connectivity index (χ2n) is 4.64. The minimum absolute atomic E-state index is 0.340. The molecule has 0 saturated carbocycles. The molecule has 0 aliphatic rings. The molecule has 0 amide bonds. The van der Waals surface area contributed by atoms with Crippen LogP contribution in [0.15, 0.2) is 65.8 Å². The summed E-state index contributed by atoms with van der Waals surface area (Å²) in [4.78, 5) is 17.0. The molecular weight excluding hydrogens is 282 g/mol. The average Bonchev–Trinajstić information content (AvgIpc) is 2.59. The number of ether oxygens (including phenoxy) is 1. The third-order valence-corrected chi connectivity index (χ3v) is 3.12. The summed E-state index contributed by atoms with van der Waals surface area (Å²) >= 11 is 0. The molecule has 0 radical (unpaired) electrons. The van der Waals surface area contributed by atoms with E-state index in [0.717, 1.165) is 5.56 Å². The Bertz CT molecular complexity index is 628. The van der Waals surface area contributed by atoms with E-state index in [0.29, 0.717) is 5.56 Å². The van der Waals surface area contributed by atoms with Gasteiger partial charge in [-0.05, 0) is 11.1 Å². The normalized spacial score (nSPS) is 13.5. The summed E-state index contributed by atoms with van der Waals surface area (Å²) in [5, 5.41) is 14.4. The third-order valence-electron chi connectivity index (χ3n) is 3.12. The maximum absolute atomic E-state index is 11.9. The third kappa shape index (κ3) is 3.71. The second kappa shape index (κ2) is 7.38. The maximum atomic E-state index is 11.9. The molecule has 1 N–H and O–H groups in total. The number of methoxy groups -OCH3 is 1. The van der Waals surface area contributed by atoms with Crippen LogP contribution in [0.2, 0.25) is 0 Å². The molecule has 2 aromatic rings. The molecular formula is C17H17NO4. The molecule has 22 heavy (non-hydrogen) atoms. The molecule has 0 aliphatic heterocycles. The zero-order valence-electron chi connectivity index (χ0n) is 12.2. The number of hydrogen-bond acceptors (Lipinski definition) is 5. The van der Waals surface area contributed by atoms with Crippen LogP contribution in [0.25, 0.3) is 0 Å². The van der Waals surface area contributed by atoms with Crippen molar-refractivity contribution in [2.75, 3.05) is 13.7 Å². The smallest absolute Gasteiger partial charge is 0.346 e. The van der Waals surface area contributed by atoms with Gasteiger partial charge < -0.3 is 14.7 Å². The lowest BCUT2D eigenvalue weighted by atomic mass is 9.95. The van der Waals surface area contributed by atoms with Crippen molar-refractivity contribution in [1.29, 1.82) is 0 Å². The van der Waals surface area contributed by atoms with Crippen molar-refractivity contribution in [3.63, 3.8) is 0 Å². The minimum Gasteiger partial charge on any atom is -0.467 e. The fourth-order valence-corrected chi connectivity index (χ4v) is 1.91. The van der Waals surface area contributed by atoms with Gasteiger partial charge >= 0.3 is 5.97 Å². The summed E-state index contributed by atoms with van der Waals surface area (Å²) in [5.41, 5.74) is -0.662. The first kappa shape index (κ1) is 15.7. The first-order chi connectivity index (χ1) is 10.7. The Hall–Kier alpha value is -2.66. The summed E-state index contributed by atoms with van der Waals surface area (Å²) in [7, 11) is 1.21. The van der Waals surface area contributed by atoms with Gasteiger partial charge in [0, 0.05) is 0 Å². The lowest BCUT2D eigenvalue weighted by Gasteiger charge is -2.23. The fourth-order valence-electron chi connectivity index (χ4n) is 1.91. The Labute approximate surface area is 128 Å². The first-order valence-corrected chi connectivity index (χ1v) is 6.73. The highest BCUT2D eigenvalue weighted by molar-refractivity contribution is 5.81. The van der Waals surface area contributed by atoms with Crippen LogP contribution in [-0.4, -0.2) is 31.0 Å². The molecule has 2 rings (SSSR count). The fraction of sp³-hybridized carbons (Fsp3) is 0.176. The molecule has 5 nitrogen and oxygen atoms in total. The monoisotopic (exact) mass is 299 g/mol. The van der Waals surface area contributed by atoms with E-state index in [-0.39, 0.29) is 6.61 Å². The second-order valence-corrected chi connectivity index (χ2v) is 4.64. The molecule has 5 heteroatoms. The van der Waals surface area contributed by atoms with E-state index in [9.17, 15) is 9.90 Å². The summed E-state index contributed by atoms with van der Waals surface area (Å²) in [5.74, 6) is -0.798. The Balaban J connectivity index is 2.08. The van der Waals surface area contributed by atoms with Gasteiger partial charge in [-0.2, -0.15) is 0 Å². The zero-order chi connectivity index (χ0) is 15.8. The van der Waals surface area contributed by atoms with Crippen molar-refractivity contribution in [1.82, 2.24) is 0 Å². The van der Waals surface area contributed by atoms with Gasteiger partial charge in [-0.1, -0.05) is 65.8 Å². The molecule has 114 valence electrons. The van der Waals surface area contributed by atoms with Gasteiger partial charge in [0.05, 0.1) is 13.3 Å². The van der Waals surface area contributed by atoms with E-state index in [1.54, 1.807) is 30.3 Å². The van der Waals surface area contributed by atoms with E-state index in [4.69, 9.17) is 4.84 Å². The molecule has 0 heterocycles. The number of esters is 1. The van der Waals surface area contributed by atoms with Crippen LogP contribution >= 0.6 is 0 Å². The highest BCUT2D eigenvalue weighted by Crippen LogP contribution is 2.23. The van der Waals surface area contributed by atoms with Gasteiger partial charge in [0.25, 0.3) is 0 Å². The molecule has 0 aliphatic carbocycles. The predicted octanol–water partition coefficient (Wildman–Crippen LogP) is 2.10. The quantitative estimate of drug-likeness (QED) is 0.504. The Morgan fingerprint density at radius 3 is 2.32 bits per heavy atom. The number of carbonyl (C=O) groups is 1. The zero-order valence-corrected chi connectivity index (χ0v) is 12.2. The van der Waals surface area contributed by atoms with Crippen molar-refractivity contribution < 1.29 is 19.5 Å². The molecule has 0 aromatic heterocycles. The van der Waals surface area contributed by atoms with Crippen molar-refractivity contribution in [2.24, 2.45) is 5.16 Å². The Kier molecular flexibility index (Phi) is 5.27. The molecule has 1 unspecified atom stereocenters. The molecule has 0 bridgehead atoms. The number of oxime groups is 1. The lowest BCUT2D eigenvalue weighted by molar-refractivity contribution is -0.170. The van der Waals surface area contributed by atoms with E-state index in [2.05, 4.69) is 9.89 Å². The van der Waals surface area contributed by atoms with Gasteiger partial charge in [0.15, 0.2) is 6.61 Å². The topological polar surface area (TPSA) is 68.1 Å². The number of aliphatic hydroxyl groups is 1. The number of nitrogens with zero attached hydrogens (tertiary/aromatic N) is 1. The van der Waals surface area contributed by atoms with Crippen LogP contribution < -0.4 is 0 Å².